The van der Waals surface area contributed by atoms with E-state index in [1.54, 1.807) is 72.9 Å². The maximum absolute atomic E-state index is 14.6. The second kappa shape index (κ2) is 10.4. The van der Waals surface area contributed by atoms with Crippen molar-refractivity contribution in [1.82, 2.24) is 10.1 Å². The van der Waals surface area contributed by atoms with Crippen LogP contribution in [0.2, 0.25) is 0 Å². The molecule has 5 nitrogen and oxygen atoms in total. The number of nitrogens with zero attached hydrogens (tertiary/aromatic N) is 1. The molecule has 4 rings (SSSR count). The Labute approximate surface area is 201 Å². The van der Waals surface area contributed by atoms with Crippen LogP contribution in [0, 0.1) is 0 Å². The molecule has 1 aromatic heterocycles. The Kier molecular flexibility index (Phi) is 7.36. The molecular weight excluding hydrogens is 474 g/mol. The van der Waals surface area contributed by atoms with E-state index in [1.807, 2.05) is 12.1 Å². The van der Waals surface area contributed by atoms with Gasteiger partial charge >= 0.3 is 6.36 Å². The van der Waals surface area contributed by atoms with Gasteiger partial charge in [0, 0.05) is 16.8 Å². The molecule has 180 valence electrons. The minimum atomic E-state index is -4.81. The van der Waals surface area contributed by atoms with Crippen molar-refractivity contribution in [3.63, 3.8) is 0 Å². The van der Waals surface area contributed by atoms with Crippen molar-refractivity contribution < 1.29 is 22.5 Å². The van der Waals surface area contributed by atoms with Crippen LogP contribution < -0.4 is 26.2 Å². The van der Waals surface area contributed by atoms with E-state index in [1.165, 1.54) is 24.3 Å². The molecule has 1 heterocycles. The molecule has 2 atom stereocenters. The van der Waals surface area contributed by atoms with E-state index in [0.29, 0.717) is 21.9 Å². The summed E-state index contributed by atoms with van der Waals surface area (Å²) in [6.45, 7) is 0. The monoisotopic (exact) mass is 497 g/mol. The third-order valence-electron chi connectivity index (χ3n) is 5.42. The normalized spacial score (nSPS) is 13.7. The fourth-order valence-corrected chi connectivity index (χ4v) is 6.23. The van der Waals surface area contributed by atoms with Gasteiger partial charge in [0.1, 0.15) is 5.75 Å². The third-order valence-corrected chi connectivity index (χ3v) is 8.11. The average Bonchev–Trinajstić information content (AvgIpc) is 2.88. The van der Waals surface area contributed by atoms with E-state index in [0.717, 1.165) is 0 Å². The maximum atomic E-state index is 14.6. The minimum Gasteiger partial charge on any atom is -0.406 e. The molecular formula is C26H23F3N3O2P. The average molecular weight is 497 g/mol. The summed E-state index contributed by atoms with van der Waals surface area (Å²) in [5.41, 5.74) is 7.68. The SMILES string of the molecule is NC(c1ccccn1)C(NP(=O)(c1ccccc1)c1ccccc1)c1ccc(OC(F)(F)F)cc1. The van der Waals surface area contributed by atoms with Gasteiger partial charge in [0.15, 0.2) is 0 Å². The van der Waals surface area contributed by atoms with Crippen molar-refractivity contribution in [1.29, 1.82) is 0 Å². The van der Waals surface area contributed by atoms with Gasteiger partial charge in [-0.15, -0.1) is 13.2 Å². The van der Waals surface area contributed by atoms with Crippen LogP contribution in [-0.4, -0.2) is 11.3 Å². The lowest BCUT2D eigenvalue weighted by Crippen LogP contribution is -2.36. The van der Waals surface area contributed by atoms with Gasteiger partial charge in [-0.1, -0.05) is 54.6 Å². The Bertz CT molecular complexity index is 1230. The summed E-state index contributed by atoms with van der Waals surface area (Å²) in [6.07, 6.45) is -3.21. The fraction of sp³-hybridized carbons (Fsp3) is 0.115. The predicted molar refractivity (Wildman–Crippen MR) is 130 cm³/mol. The van der Waals surface area contributed by atoms with E-state index >= 15 is 0 Å². The highest BCUT2D eigenvalue weighted by Crippen LogP contribution is 2.44. The van der Waals surface area contributed by atoms with E-state index in [9.17, 15) is 17.7 Å². The highest BCUT2D eigenvalue weighted by atomic mass is 31.2. The van der Waals surface area contributed by atoms with Crippen LogP contribution in [0.3, 0.4) is 0 Å². The lowest BCUT2D eigenvalue weighted by molar-refractivity contribution is -0.274. The number of rotatable bonds is 8. The van der Waals surface area contributed by atoms with Crippen LogP contribution >= 0.6 is 7.29 Å². The minimum absolute atomic E-state index is 0.360. The smallest absolute Gasteiger partial charge is 0.406 e. The van der Waals surface area contributed by atoms with E-state index in [2.05, 4.69) is 14.8 Å². The van der Waals surface area contributed by atoms with Crippen molar-refractivity contribution in [3.05, 3.63) is 121 Å². The zero-order valence-electron chi connectivity index (χ0n) is 18.5. The van der Waals surface area contributed by atoms with Crippen molar-refractivity contribution in [2.24, 2.45) is 5.73 Å². The Morgan fingerprint density at radius 1 is 0.800 bits per heavy atom. The van der Waals surface area contributed by atoms with Gasteiger partial charge in [-0.2, -0.15) is 0 Å². The Balaban J connectivity index is 1.79. The molecule has 0 fully saturated rings. The van der Waals surface area contributed by atoms with Crippen LogP contribution in [0.4, 0.5) is 13.2 Å². The summed E-state index contributed by atoms with van der Waals surface area (Å²) in [6, 6.07) is 27.0. The number of alkyl halides is 3. The summed E-state index contributed by atoms with van der Waals surface area (Å²) in [4.78, 5) is 4.34. The van der Waals surface area contributed by atoms with Crippen LogP contribution in [0.25, 0.3) is 0 Å². The molecule has 0 saturated heterocycles. The number of nitrogens with two attached hydrogens (primary N) is 1. The first-order chi connectivity index (χ1) is 16.8. The lowest BCUT2D eigenvalue weighted by atomic mass is 9.98. The van der Waals surface area contributed by atoms with Crippen LogP contribution in [0.1, 0.15) is 23.3 Å². The molecule has 0 amide bonds. The molecule has 0 spiro atoms. The van der Waals surface area contributed by atoms with Crippen LogP contribution in [-0.2, 0) is 4.57 Å². The zero-order valence-corrected chi connectivity index (χ0v) is 19.4. The number of hydrogen-bond acceptors (Lipinski definition) is 4. The van der Waals surface area contributed by atoms with Crippen molar-refractivity contribution in [3.8, 4) is 5.75 Å². The number of halogens is 3. The number of ether oxygens (including phenoxy) is 1. The molecule has 3 aromatic carbocycles. The third kappa shape index (κ3) is 5.98. The van der Waals surface area contributed by atoms with Crippen molar-refractivity contribution in [2.75, 3.05) is 0 Å². The molecule has 2 unspecified atom stereocenters. The van der Waals surface area contributed by atoms with Crippen LogP contribution in [0.5, 0.6) is 5.75 Å². The second-order valence-electron chi connectivity index (χ2n) is 7.78. The summed E-state index contributed by atoms with van der Waals surface area (Å²) < 4.78 is 56.6. The van der Waals surface area contributed by atoms with Crippen molar-refractivity contribution >= 4 is 17.9 Å². The summed E-state index contributed by atoms with van der Waals surface area (Å²) >= 11 is 0. The molecule has 0 aliphatic carbocycles. The molecule has 0 aliphatic heterocycles. The first-order valence-electron chi connectivity index (χ1n) is 10.8. The van der Waals surface area contributed by atoms with Gasteiger partial charge < -0.3 is 10.5 Å². The molecule has 0 aliphatic rings. The molecule has 0 saturated carbocycles. The van der Waals surface area contributed by atoms with Gasteiger partial charge in [0.2, 0.25) is 7.29 Å². The summed E-state index contributed by atoms with van der Waals surface area (Å²) in [5, 5.41) is 4.41. The lowest BCUT2D eigenvalue weighted by Gasteiger charge is -2.31. The standard InChI is InChI=1S/C26H23F3N3O2P/c27-26(28,29)34-20-16-14-19(15-17-20)25(24(30)23-13-7-8-18-31-23)32-35(33,21-9-3-1-4-10-21)22-11-5-2-6-12-22/h1-18,24-25H,30H2,(H,32,33). The second-order valence-corrected chi connectivity index (χ2v) is 10.3. The predicted octanol–water partition coefficient (Wildman–Crippen LogP) is 5.24. The van der Waals surface area contributed by atoms with Gasteiger partial charge in [-0.05, 0) is 54.1 Å². The van der Waals surface area contributed by atoms with Gasteiger partial charge in [0.05, 0.1) is 17.8 Å². The van der Waals surface area contributed by atoms with Gasteiger partial charge in [0.25, 0.3) is 0 Å². The fourth-order valence-electron chi connectivity index (χ4n) is 3.75. The number of hydrogen-bond donors (Lipinski definition) is 2. The largest absolute Gasteiger partial charge is 0.573 e. The maximum Gasteiger partial charge on any atom is 0.573 e. The molecule has 35 heavy (non-hydrogen) atoms. The Hall–Kier alpha value is -3.45. The number of benzene rings is 3. The highest BCUT2D eigenvalue weighted by molar-refractivity contribution is 7.76. The summed E-state index contributed by atoms with van der Waals surface area (Å²) in [5.74, 6) is -0.360. The molecule has 3 N–H and O–H groups in total. The Morgan fingerprint density at radius 3 is 1.83 bits per heavy atom. The highest BCUT2D eigenvalue weighted by Gasteiger charge is 2.35. The Morgan fingerprint density at radius 2 is 1.34 bits per heavy atom. The molecule has 0 radical (unpaired) electrons. The van der Waals surface area contributed by atoms with Gasteiger partial charge in [-0.3, -0.25) is 14.6 Å². The van der Waals surface area contributed by atoms with E-state index in [-0.39, 0.29) is 5.75 Å². The zero-order chi connectivity index (χ0) is 24.9. The molecule has 0 bridgehead atoms. The van der Waals surface area contributed by atoms with Crippen molar-refractivity contribution in [2.45, 2.75) is 18.4 Å². The molecule has 4 aromatic rings. The van der Waals surface area contributed by atoms with E-state index in [4.69, 9.17) is 5.73 Å². The first kappa shape index (κ1) is 24.7. The number of pyridine rings is 1. The topological polar surface area (TPSA) is 77.2 Å². The number of nitrogens with one attached hydrogen (secondary N) is 1. The van der Waals surface area contributed by atoms with E-state index < -0.39 is 25.7 Å². The number of aromatic nitrogens is 1. The van der Waals surface area contributed by atoms with Gasteiger partial charge in [-0.25, -0.2) is 0 Å². The first-order valence-corrected chi connectivity index (χ1v) is 12.5. The summed E-state index contributed by atoms with van der Waals surface area (Å²) in [7, 11) is -3.43. The molecule has 9 heteroatoms. The quantitative estimate of drug-likeness (QED) is 0.326. The van der Waals surface area contributed by atoms with Crippen LogP contribution in [0.15, 0.2) is 109 Å².